The number of para-hydroxylation sites is 1. The normalized spacial score (nSPS) is 10.3. The number of hydrogen-bond acceptors (Lipinski definition) is 4. The number of benzene rings is 2. The third kappa shape index (κ3) is 4.13. The van der Waals surface area contributed by atoms with E-state index in [0.29, 0.717) is 29.9 Å². The average Bonchev–Trinajstić information content (AvgIpc) is 3.16. The SMILES string of the molecule is CCNC(=O)c1ccccc1NC(=O)c1ccc(Cn2cncn2)cc1. The second kappa shape index (κ2) is 8.06. The van der Waals surface area contributed by atoms with Crippen molar-refractivity contribution in [1.29, 1.82) is 0 Å². The number of carbonyl (C=O) groups is 2. The lowest BCUT2D eigenvalue weighted by Crippen LogP contribution is -2.24. The first-order valence-corrected chi connectivity index (χ1v) is 8.27. The van der Waals surface area contributed by atoms with Crippen LogP contribution in [0.5, 0.6) is 0 Å². The number of anilines is 1. The van der Waals surface area contributed by atoms with Crippen LogP contribution in [-0.4, -0.2) is 33.1 Å². The molecule has 3 rings (SSSR count). The first-order chi connectivity index (χ1) is 12.7. The van der Waals surface area contributed by atoms with E-state index in [9.17, 15) is 9.59 Å². The summed E-state index contributed by atoms with van der Waals surface area (Å²) in [6.07, 6.45) is 3.12. The predicted octanol–water partition coefficient (Wildman–Crippen LogP) is 2.33. The fourth-order valence-corrected chi connectivity index (χ4v) is 2.50. The van der Waals surface area contributed by atoms with Crippen molar-refractivity contribution in [2.45, 2.75) is 13.5 Å². The quantitative estimate of drug-likeness (QED) is 0.715. The zero-order valence-corrected chi connectivity index (χ0v) is 14.3. The van der Waals surface area contributed by atoms with Crippen LogP contribution >= 0.6 is 0 Å². The van der Waals surface area contributed by atoms with Crippen molar-refractivity contribution in [1.82, 2.24) is 20.1 Å². The van der Waals surface area contributed by atoms with Gasteiger partial charge in [0.15, 0.2) is 0 Å². The fourth-order valence-electron chi connectivity index (χ4n) is 2.50. The van der Waals surface area contributed by atoms with Gasteiger partial charge in [-0.05, 0) is 36.8 Å². The molecule has 0 aliphatic carbocycles. The Morgan fingerprint density at radius 1 is 1.04 bits per heavy atom. The van der Waals surface area contributed by atoms with Gasteiger partial charge in [0.25, 0.3) is 11.8 Å². The molecule has 0 radical (unpaired) electrons. The molecular formula is C19H19N5O2. The number of amides is 2. The number of nitrogens with one attached hydrogen (secondary N) is 2. The largest absolute Gasteiger partial charge is 0.352 e. The van der Waals surface area contributed by atoms with Gasteiger partial charge in [-0.3, -0.25) is 9.59 Å². The molecule has 3 aromatic rings. The van der Waals surface area contributed by atoms with Crippen molar-refractivity contribution < 1.29 is 9.59 Å². The monoisotopic (exact) mass is 349 g/mol. The van der Waals surface area contributed by atoms with Crippen LogP contribution in [0.3, 0.4) is 0 Å². The van der Waals surface area contributed by atoms with Gasteiger partial charge in [0.2, 0.25) is 0 Å². The van der Waals surface area contributed by atoms with E-state index in [4.69, 9.17) is 0 Å². The van der Waals surface area contributed by atoms with E-state index in [1.165, 1.54) is 6.33 Å². The molecule has 0 saturated carbocycles. The highest BCUT2D eigenvalue weighted by atomic mass is 16.2. The van der Waals surface area contributed by atoms with Gasteiger partial charge in [0.05, 0.1) is 17.8 Å². The van der Waals surface area contributed by atoms with E-state index in [0.717, 1.165) is 5.56 Å². The van der Waals surface area contributed by atoms with E-state index in [1.807, 2.05) is 19.1 Å². The van der Waals surface area contributed by atoms with Crippen molar-refractivity contribution in [2.24, 2.45) is 0 Å². The van der Waals surface area contributed by atoms with Crippen molar-refractivity contribution >= 4 is 17.5 Å². The molecule has 0 fully saturated rings. The molecule has 0 unspecified atom stereocenters. The topological polar surface area (TPSA) is 88.9 Å². The number of hydrogen-bond donors (Lipinski definition) is 2. The van der Waals surface area contributed by atoms with E-state index in [-0.39, 0.29) is 11.8 Å². The fraction of sp³-hybridized carbons (Fsp3) is 0.158. The molecule has 7 nitrogen and oxygen atoms in total. The summed E-state index contributed by atoms with van der Waals surface area (Å²) in [6.45, 7) is 2.95. The van der Waals surface area contributed by atoms with Gasteiger partial charge in [-0.15, -0.1) is 0 Å². The zero-order chi connectivity index (χ0) is 18.4. The minimum Gasteiger partial charge on any atom is -0.352 e. The molecule has 2 N–H and O–H groups in total. The van der Waals surface area contributed by atoms with Crippen LogP contribution < -0.4 is 10.6 Å². The minimum absolute atomic E-state index is 0.216. The Morgan fingerprint density at radius 2 is 1.81 bits per heavy atom. The van der Waals surface area contributed by atoms with E-state index in [2.05, 4.69) is 20.7 Å². The summed E-state index contributed by atoms with van der Waals surface area (Å²) < 4.78 is 1.71. The van der Waals surface area contributed by atoms with Gasteiger partial charge in [-0.2, -0.15) is 5.10 Å². The first kappa shape index (κ1) is 17.3. The van der Waals surface area contributed by atoms with Gasteiger partial charge in [0, 0.05) is 12.1 Å². The molecule has 2 aromatic carbocycles. The Kier molecular flexibility index (Phi) is 5.38. The summed E-state index contributed by atoms with van der Waals surface area (Å²) in [5.74, 6) is -0.486. The Morgan fingerprint density at radius 3 is 2.50 bits per heavy atom. The molecule has 7 heteroatoms. The van der Waals surface area contributed by atoms with Crippen LogP contribution in [0.15, 0.2) is 61.2 Å². The minimum atomic E-state index is -0.269. The lowest BCUT2D eigenvalue weighted by atomic mass is 10.1. The van der Waals surface area contributed by atoms with Gasteiger partial charge in [-0.25, -0.2) is 9.67 Å². The summed E-state index contributed by atoms with van der Waals surface area (Å²) in [4.78, 5) is 28.5. The molecular weight excluding hydrogens is 330 g/mol. The molecule has 0 aliphatic rings. The second-order valence-electron chi connectivity index (χ2n) is 5.65. The Balaban J connectivity index is 1.71. The zero-order valence-electron chi connectivity index (χ0n) is 14.3. The van der Waals surface area contributed by atoms with E-state index >= 15 is 0 Å². The maximum Gasteiger partial charge on any atom is 0.255 e. The molecule has 132 valence electrons. The second-order valence-corrected chi connectivity index (χ2v) is 5.65. The summed E-state index contributed by atoms with van der Waals surface area (Å²) in [7, 11) is 0. The van der Waals surface area contributed by atoms with Crippen molar-refractivity contribution in [3.05, 3.63) is 77.9 Å². The Hall–Kier alpha value is -3.48. The molecule has 0 bridgehead atoms. The van der Waals surface area contributed by atoms with Crippen LogP contribution in [0, 0.1) is 0 Å². The molecule has 1 aromatic heterocycles. The maximum absolute atomic E-state index is 12.5. The highest BCUT2D eigenvalue weighted by Gasteiger charge is 2.13. The van der Waals surface area contributed by atoms with Crippen LogP contribution in [0.4, 0.5) is 5.69 Å². The highest BCUT2D eigenvalue weighted by Crippen LogP contribution is 2.16. The van der Waals surface area contributed by atoms with E-state index in [1.54, 1.807) is 47.4 Å². The molecule has 0 saturated heterocycles. The molecule has 0 spiro atoms. The van der Waals surface area contributed by atoms with Crippen LogP contribution in [-0.2, 0) is 6.54 Å². The van der Waals surface area contributed by atoms with Crippen molar-refractivity contribution in [3.63, 3.8) is 0 Å². The van der Waals surface area contributed by atoms with Crippen LogP contribution in [0.25, 0.3) is 0 Å². The summed E-state index contributed by atoms with van der Waals surface area (Å²) in [5, 5.41) is 9.60. The van der Waals surface area contributed by atoms with Gasteiger partial charge >= 0.3 is 0 Å². The van der Waals surface area contributed by atoms with Gasteiger partial charge < -0.3 is 10.6 Å². The lowest BCUT2D eigenvalue weighted by molar-refractivity contribution is 0.0956. The lowest BCUT2D eigenvalue weighted by Gasteiger charge is -2.11. The summed E-state index contributed by atoms with van der Waals surface area (Å²) in [6, 6.07) is 14.2. The number of nitrogens with zero attached hydrogens (tertiary/aromatic N) is 3. The first-order valence-electron chi connectivity index (χ1n) is 8.27. The number of aromatic nitrogens is 3. The number of carbonyl (C=O) groups excluding carboxylic acids is 2. The smallest absolute Gasteiger partial charge is 0.255 e. The highest BCUT2D eigenvalue weighted by molar-refractivity contribution is 6.09. The molecule has 0 atom stereocenters. The maximum atomic E-state index is 12.5. The van der Waals surface area contributed by atoms with Crippen molar-refractivity contribution in [2.75, 3.05) is 11.9 Å². The standard InChI is InChI=1S/C19H19N5O2/c1-2-21-19(26)16-5-3-4-6-17(16)23-18(25)15-9-7-14(8-10-15)11-24-13-20-12-22-24/h3-10,12-13H,2,11H2,1H3,(H,21,26)(H,23,25). The van der Waals surface area contributed by atoms with E-state index < -0.39 is 0 Å². The van der Waals surface area contributed by atoms with Gasteiger partial charge in [-0.1, -0.05) is 24.3 Å². The summed E-state index contributed by atoms with van der Waals surface area (Å²) in [5.41, 5.74) is 2.44. The molecule has 2 amide bonds. The third-order valence-corrected chi connectivity index (χ3v) is 3.78. The summed E-state index contributed by atoms with van der Waals surface area (Å²) >= 11 is 0. The Labute approximate surface area is 151 Å². The molecule has 26 heavy (non-hydrogen) atoms. The third-order valence-electron chi connectivity index (χ3n) is 3.78. The predicted molar refractivity (Wildman–Crippen MR) is 98.0 cm³/mol. The molecule has 1 heterocycles. The van der Waals surface area contributed by atoms with Crippen LogP contribution in [0.2, 0.25) is 0 Å². The average molecular weight is 349 g/mol. The van der Waals surface area contributed by atoms with Crippen LogP contribution in [0.1, 0.15) is 33.2 Å². The Bertz CT molecular complexity index is 889. The van der Waals surface area contributed by atoms with Crippen molar-refractivity contribution in [3.8, 4) is 0 Å². The number of rotatable bonds is 6. The van der Waals surface area contributed by atoms with Gasteiger partial charge in [0.1, 0.15) is 12.7 Å². The molecule has 0 aliphatic heterocycles.